The van der Waals surface area contributed by atoms with Crippen molar-refractivity contribution in [1.29, 1.82) is 0 Å². The lowest BCUT2D eigenvalue weighted by molar-refractivity contribution is -0.139. The van der Waals surface area contributed by atoms with Gasteiger partial charge in [0, 0.05) is 4.83 Å². The third-order valence-corrected chi connectivity index (χ3v) is 2.54. The predicted octanol–water partition coefficient (Wildman–Crippen LogP) is 2.86. The quantitative estimate of drug-likeness (QED) is 0.614. The molecule has 0 radical (unpaired) electrons. The van der Waals surface area contributed by atoms with E-state index in [-0.39, 0.29) is 5.97 Å². The number of hydrogen-bond acceptors (Lipinski definition) is 2. The van der Waals surface area contributed by atoms with Crippen molar-refractivity contribution < 1.29 is 9.53 Å². The number of rotatable bonds is 3. The monoisotopic (exact) mass is 256 g/mol. The van der Waals surface area contributed by atoms with Crippen LogP contribution in [-0.4, -0.2) is 13.1 Å². The van der Waals surface area contributed by atoms with E-state index in [4.69, 9.17) is 0 Å². The number of carbonyl (C=O) groups excluding carboxylic acids is 1. The van der Waals surface area contributed by atoms with Crippen molar-refractivity contribution in [2.45, 2.75) is 18.2 Å². The van der Waals surface area contributed by atoms with Gasteiger partial charge >= 0.3 is 5.97 Å². The van der Waals surface area contributed by atoms with Gasteiger partial charge in [0.1, 0.15) is 0 Å². The average molecular weight is 257 g/mol. The highest BCUT2D eigenvalue weighted by Gasteiger charge is 2.04. The zero-order chi connectivity index (χ0) is 10.6. The SMILES string of the molecule is COC(=O)Cc1ccc(C(C)Br)cc1. The summed E-state index contributed by atoms with van der Waals surface area (Å²) in [5, 5.41) is 0. The largest absolute Gasteiger partial charge is 0.469 e. The van der Waals surface area contributed by atoms with Gasteiger partial charge < -0.3 is 4.74 Å². The average Bonchev–Trinajstić information content (AvgIpc) is 2.18. The molecule has 0 spiro atoms. The van der Waals surface area contributed by atoms with Gasteiger partial charge in [-0.15, -0.1) is 0 Å². The highest BCUT2D eigenvalue weighted by atomic mass is 79.9. The smallest absolute Gasteiger partial charge is 0.309 e. The van der Waals surface area contributed by atoms with Crippen LogP contribution in [0.25, 0.3) is 0 Å². The molecule has 0 amide bonds. The molecule has 0 fully saturated rings. The normalized spacial score (nSPS) is 12.2. The fourth-order valence-corrected chi connectivity index (χ4v) is 1.44. The molecule has 0 aliphatic carbocycles. The summed E-state index contributed by atoms with van der Waals surface area (Å²) >= 11 is 3.48. The second-order valence-corrected chi connectivity index (χ2v) is 4.48. The molecule has 0 heterocycles. The zero-order valence-electron chi connectivity index (χ0n) is 8.29. The molecule has 0 bridgehead atoms. The second-order valence-electron chi connectivity index (χ2n) is 3.11. The van der Waals surface area contributed by atoms with E-state index >= 15 is 0 Å². The van der Waals surface area contributed by atoms with E-state index in [1.54, 1.807) is 0 Å². The Balaban J connectivity index is 2.69. The molecule has 1 aromatic rings. The first-order valence-electron chi connectivity index (χ1n) is 4.43. The van der Waals surface area contributed by atoms with E-state index in [0.717, 1.165) is 5.56 Å². The van der Waals surface area contributed by atoms with Crippen molar-refractivity contribution >= 4 is 21.9 Å². The lowest BCUT2D eigenvalue weighted by Gasteiger charge is -2.04. The molecule has 0 saturated heterocycles. The molecule has 3 heteroatoms. The molecule has 0 N–H and O–H groups in total. The minimum absolute atomic E-state index is 0.204. The third-order valence-electron chi connectivity index (χ3n) is 2.02. The molecule has 1 unspecified atom stereocenters. The van der Waals surface area contributed by atoms with Crippen LogP contribution in [0.4, 0.5) is 0 Å². The number of alkyl halides is 1. The minimum atomic E-state index is -0.204. The number of halogens is 1. The van der Waals surface area contributed by atoms with Crippen LogP contribution in [0.1, 0.15) is 22.9 Å². The molecule has 0 aliphatic heterocycles. The van der Waals surface area contributed by atoms with Crippen LogP contribution in [0.2, 0.25) is 0 Å². The molecule has 1 atom stereocenters. The standard InChI is InChI=1S/C11H13BrO2/c1-8(12)10-5-3-9(4-6-10)7-11(13)14-2/h3-6,8H,7H2,1-2H3. The third kappa shape index (κ3) is 3.14. The van der Waals surface area contributed by atoms with Gasteiger partial charge in [-0.3, -0.25) is 4.79 Å². The summed E-state index contributed by atoms with van der Waals surface area (Å²) in [6.45, 7) is 2.06. The van der Waals surface area contributed by atoms with Crippen LogP contribution in [0.3, 0.4) is 0 Å². The number of methoxy groups -OCH3 is 1. The highest BCUT2D eigenvalue weighted by Crippen LogP contribution is 2.21. The Morgan fingerprint density at radius 3 is 2.43 bits per heavy atom. The number of hydrogen-bond donors (Lipinski definition) is 0. The molecule has 0 aliphatic rings. The van der Waals surface area contributed by atoms with Crippen molar-refractivity contribution in [3.05, 3.63) is 35.4 Å². The second kappa shape index (κ2) is 5.15. The first-order chi connectivity index (χ1) is 6.63. The highest BCUT2D eigenvalue weighted by molar-refractivity contribution is 9.09. The Hall–Kier alpha value is -0.830. The van der Waals surface area contributed by atoms with Gasteiger partial charge in [0.2, 0.25) is 0 Å². The Bertz CT molecular complexity index is 304. The fourth-order valence-electron chi connectivity index (χ4n) is 1.14. The van der Waals surface area contributed by atoms with Crippen LogP contribution >= 0.6 is 15.9 Å². The van der Waals surface area contributed by atoms with Gasteiger partial charge in [-0.05, 0) is 18.1 Å². The van der Waals surface area contributed by atoms with Crippen molar-refractivity contribution in [1.82, 2.24) is 0 Å². The number of benzene rings is 1. The molecule has 0 saturated carbocycles. The van der Waals surface area contributed by atoms with Crippen LogP contribution in [0.15, 0.2) is 24.3 Å². The van der Waals surface area contributed by atoms with E-state index in [2.05, 4.69) is 27.6 Å². The Morgan fingerprint density at radius 1 is 1.43 bits per heavy atom. The minimum Gasteiger partial charge on any atom is -0.469 e. The Morgan fingerprint density at radius 2 is 2.00 bits per heavy atom. The van der Waals surface area contributed by atoms with Crippen LogP contribution in [0.5, 0.6) is 0 Å². The van der Waals surface area contributed by atoms with E-state index < -0.39 is 0 Å². The maximum atomic E-state index is 11.0. The van der Waals surface area contributed by atoms with Crippen LogP contribution < -0.4 is 0 Å². The van der Waals surface area contributed by atoms with E-state index in [0.29, 0.717) is 11.2 Å². The summed E-state index contributed by atoms with van der Waals surface area (Å²) in [6.07, 6.45) is 0.341. The number of esters is 1. The molecular formula is C11H13BrO2. The van der Waals surface area contributed by atoms with Gasteiger partial charge in [-0.2, -0.15) is 0 Å². The van der Waals surface area contributed by atoms with Crippen LogP contribution in [0, 0.1) is 0 Å². The maximum Gasteiger partial charge on any atom is 0.309 e. The Kier molecular flexibility index (Phi) is 4.14. The molecule has 14 heavy (non-hydrogen) atoms. The lowest BCUT2D eigenvalue weighted by atomic mass is 10.1. The van der Waals surface area contributed by atoms with E-state index in [1.165, 1.54) is 12.7 Å². The Labute approximate surface area is 92.4 Å². The van der Waals surface area contributed by atoms with E-state index in [9.17, 15) is 4.79 Å². The molecule has 0 aromatic heterocycles. The summed E-state index contributed by atoms with van der Waals surface area (Å²) in [5.41, 5.74) is 2.19. The van der Waals surface area contributed by atoms with Gasteiger partial charge in [0.15, 0.2) is 0 Å². The van der Waals surface area contributed by atoms with Gasteiger partial charge in [0.25, 0.3) is 0 Å². The summed E-state index contributed by atoms with van der Waals surface area (Å²) < 4.78 is 4.58. The molecule has 76 valence electrons. The molecule has 1 aromatic carbocycles. The molecule has 2 nitrogen and oxygen atoms in total. The number of carbonyl (C=O) groups is 1. The fraction of sp³-hybridized carbons (Fsp3) is 0.364. The summed E-state index contributed by atoms with van der Waals surface area (Å²) in [4.78, 5) is 11.3. The van der Waals surface area contributed by atoms with Gasteiger partial charge in [0.05, 0.1) is 13.5 Å². The first kappa shape index (κ1) is 11.2. The summed E-state index contributed by atoms with van der Waals surface area (Å²) in [6, 6.07) is 7.92. The van der Waals surface area contributed by atoms with Crippen molar-refractivity contribution in [2.24, 2.45) is 0 Å². The van der Waals surface area contributed by atoms with Crippen LogP contribution in [-0.2, 0) is 16.0 Å². The molecule has 1 rings (SSSR count). The van der Waals surface area contributed by atoms with E-state index in [1.807, 2.05) is 24.3 Å². The van der Waals surface area contributed by atoms with Crippen molar-refractivity contribution in [3.8, 4) is 0 Å². The van der Waals surface area contributed by atoms with Gasteiger partial charge in [-0.25, -0.2) is 0 Å². The predicted molar refractivity (Wildman–Crippen MR) is 59.5 cm³/mol. The van der Waals surface area contributed by atoms with Crippen molar-refractivity contribution in [2.75, 3.05) is 7.11 Å². The maximum absolute atomic E-state index is 11.0. The van der Waals surface area contributed by atoms with Crippen molar-refractivity contribution in [3.63, 3.8) is 0 Å². The van der Waals surface area contributed by atoms with Gasteiger partial charge in [-0.1, -0.05) is 40.2 Å². The molecular weight excluding hydrogens is 244 g/mol. The zero-order valence-corrected chi connectivity index (χ0v) is 9.87. The summed E-state index contributed by atoms with van der Waals surface area (Å²) in [5.74, 6) is -0.204. The first-order valence-corrected chi connectivity index (χ1v) is 5.34. The summed E-state index contributed by atoms with van der Waals surface area (Å²) in [7, 11) is 1.40. The lowest BCUT2D eigenvalue weighted by Crippen LogP contribution is -2.04. The topological polar surface area (TPSA) is 26.3 Å². The number of ether oxygens (including phenoxy) is 1.